The van der Waals surface area contributed by atoms with Crippen LogP contribution in [0.2, 0.25) is 15.1 Å². The molecule has 1 atom stereocenters. The van der Waals surface area contributed by atoms with Crippen molar-refractivity contribution in [2.24, 2.45) is 5.73 Å². The highest BCUT2D eigenvalue weighted by Gasteiger charge is 2.60. The normalized spacial score (nSPS) is 22.1. The van der Waals surface area contributed by atoms with Gasteiger partial charge >= 0.3 is 0 Å². The highest BCUT2D eigenvalue weighted by atomic mass is 35.5. The summed E-state index contributed by atoms with van der Waals surface area (Å²) >= 11 is 18.7. The number of halogens is 3. The Hall–Kier alpha value is -2.98. The van der Waals surface area contributed by atoms with Crippen molar-refractivity contribution in [3.8, 4) is 6.07 Å². The van der Waals surface area contributed by atoms with Crippen LogP contribution in [0, 0.1) is 11.3 Å². The van der Waals surface area contributed by atoms with Gasteiger partial charge in [0.1, 0.15) is 17.3 Å². The van der Waals surface area contributed by atoms with Crippen molar-refractivity contribution in [1.29, 1.82) is 5.26 Å². The van der Waals surface area contributed by atoms with Gasteiger partial charge in [0.15, 0.2) is 5.78 Å². The highest BCUT2D eigenvalue weighted by Crippen LogP contribution is 2.55. The van der Waals surface area contributed by atoms with Gasteiger partial charge in [-0.15, -0.1) is 0 Å². The zero-order chi connectivity index (χ0) is 22.8. The Kier molecular flexibility index (Phi) is 4.75. The Bertz CT molecular complexity index is 1320. The summed E-state index contributed by atoms with van der Waals surface area (Å²) in [5, 5.41) is 14.2. The van der Waals surface area contributed by atoms with Gasteiger partial charge in [-0.05, 0) is 49.2 Å². The number of fused-ring (bicyclic) bond motifs is 3. The third-order valence-corrected chi connectivity index (χ3v) is 6.77. The van der Waals surface area contributed by atoms with Gasteiger partial charge in [-0.25, -0.2) is 0 Å². The minimum absolute atomic E-state index is 0.0406. The lowest BCUT2D eigenvalue weighted by Gasteiger charge is -2.43. The average molecular weight is 486 g/mol. The fraction of sp³-hybridized carbons (Fsp3) is 0.174. The van der Waals surface area contributed by atoms with Crippen LogP contribution < -0.4 is 16.0 Å². The fourth-order valence-corrected chi connectivity index (χ4v) is 5.61. The van der Waals surface area contributed by atoms with E-state index in [9.17, 15) is 14.9 Å². The predicted octanol–water partition coefficient (Wildman–Crippen LogP) is 5.06. The van der Waals surface area contributed by atoms with Crippen LogP contribution in [0.4, 0.5) is 11.4 Å². The first-order chi connectivity index (χ1) is 15.3. The molecular formula is C23H15Cl3N4O2. The van der Waals surface area contributed by atoms with Crippen LogP contribution in [0.1, 0.15) is 24.8 Å². The van der Waals surface area contributed by atoms with Gasteiger partial charge in [-0.2, -0.15) is 5.26 Å². The maximum Gasteiger partial charge on any atom is 0.245 e. The molecule has 0 fully saturated rings. The van der Waals surface area contributed by atoms with Crippen molar-refractivity contribution in [3.05, 3.63) is 79.7 Å². The summed E-state index contributed by atoms with van der Waals surface area (Å²) in [6, 6.07) is 11.9. The molecule has 32 heavy (non-hydrogen) atoms. The molecule has 9 heteroatoms. The van der Waals surface area contributed by atoms with Gasteiger partial charge in [0.05, 0.1) is 11.3 Å². The number of hydrogen-bond acceptors (Lipinski definition) is 5. The standard InChI is InChI=1S/C23H15Cl3N4O2/c24-11-4-5-17-15(9-11)23(22(32)29-17)16(10-27)21(28)30(14-7-12(25)6-13(26)8-14)18-2-1-3-19(31)20(18)23/h4-9H,1-3,28H2,(H,29,32). The van der Waals surface area contributed by atoms with Crippen LogP contribution in [-0.4, -0.2) is 11.7 Å². The monoisotopic (exact) mass is 484 g/mol. The lowest BCUT2D eigenvalue weighted by atomic mass is 9.64. The fourth-order valence-electron chi connectivity index (χ4n) is 4.93. The first-order valence-electron chi connectivity index (χ1n) is 9.84. The van der Waals surface area contributed by atoms with E-state index >= 15 is 0 Å². The maximum absolute atomic E-state index is 13.5. The number of nitriles is 1. The maximum atomic E-state index is 13.5. The quantitative estimate of drug-likeness (QED) is 0.588. The van der Waals surface area contributed by atoms with E-state index in [1.54, 1.807) is 41.3 Å². The minimum atomic E-state index is -1.66. The number of hydrogen-bond donors (Lipinski definition) is 2. The van der Waals surface area contributed by atoms with Crippen molar-refractivity contribution in [3.63, 3.8) is 0 Å². The Morgan fingerprint density at radius 3 is 2.44 bits per heavy atom. The van der Waals surface area contributed by atoms with E-state index in [-0.39, 0.29) is 29.2 Å². The molecule has 1 aliphatic carbocycles. The first kappa shape index (κ1) is 20.9. The third kappa shape index (κ3) is 2.72. The van der Waals surface area contributed by atoms with E-state index in [0.717, 1.165) is 0 Å². The highest BCUT2D eigenvalue weighted by molar-refractivity contribution is 6.35. The van der Waals surface area contributed by atoms with Crippen LogP contribution in [0.5, 0.6) is 0 Å². The molecular weight excluding hydrogens is 471 g/mol. The van der Waals surface area contributed by atoms with Gasteiger partial charge in [-0.1, -0.05) is 34.8 Å². The number of nitrogens with two attached hydrogens (primary N) is 1. The summed E-state index contributed by atoms with van der Waals surface area (Å²) in [7, 11) is 0. The molecule has 1 amide bonds. The number of amides is 1. The summed E-state index contributed by atoms with van der Waals surface area (Å²) in [5.41, 5.74) is 7.11. The van der Waals surface area contributed by atoms with Crippen molar-refractivity contribution in [1.82, 2.24) is 0 Å². The van der Waals surface area contributed by atoms with Gasteiger partial charge in [-0.3, -0.25) is 14.5 Å². The van der Waals surface area contributed by atoms with E-state index in [2.05, 4.69) is 11.4 Å². The van der Waals surface area contributed by atoms with E-state index in [4.69, 9.17) is 40.5 Å². The summed E-state index contributed by atoms with van der Waals surface area (Å²) in [6.45, 7) is 0. The van der Waals surface area contributed by atoms with Gasteiger partial charge in [0.2, 0.25) is 5.91 Å². The lowest BCUT2D eigenvalue weighted by molar-refractivity contribution is -0.122. The van der Waals surface area contributed by atoms with E-state index in [1.807, 2.05) is 0 Å². The molecule has 2 aliphatic heterocycles. The summed E-state index contributed by atoms with van der Waals surface area (Å²) in [6.07, 6.45) is 1.32. The molecule has 0 saturated heterocycles. The SMILES string of the molecule is N#CC1=C(N)N(c2cc(Cl)cc(Cl)c2)C2=C(C(=O)CCC2)C12C(=O)Nc1ccc(Cl)cc12. The number of benzene rings is 2. The molecule has 0 bridgehead atoms. The Balaban J connectivity index is 1.90. The molecule has 3 N–H and O–H groups in total. The molecule has 160 valence electrons. The van der Waals surface area contributed by atoms with Gasteiger partial charge < -0.3 is 11.1 Å². The molecule has 2 heterocycles. The smallest absolute Gasteiger partial charge is 0.245 e. The summed E-state index contributed by atoms with van der Waals surface area (Å²) in [4.78, 5) is 28.5. The predicted molar refractivity (Wildman–Crippen MR) is 123 cm³/mol. The van der Waals surface area contributed by atoms with Crippen LogP contribution in [0.3, 0.4) is 0 Å². The largest absolute Gasteiger partial charge is 0.384 e. The lowest BCUT2D eigenvalue weighted by Crippen LogP contribution is -2.50. The number of Topliss-reactive ketones (excluding diaryl/α,β-unsaturated/α-hetero) is 1. The van der Waals surface area contributed by atoms with Gasteiger partial charge in [0.25, 0.3) is 0 Å². The van der Waals surface area contributed by atoms with Crippen LogP contribution in [0.15, 0.2) is 59.1 Å². The number of rotatable bonds is 1. The molecule has 2 aromatic carbocycles. The number of nitrogens with one attached hydrogen (secondary N) is 1. The van der Waals surface area contributed by atoms with Crippen molar-refractivity contribution >= 4 is 57.9 Å². The molecule has 1 spiro atoms. The van der Waals surface area contributed by atoms with Crippen molar-refractivity contribution in [2.75, 3.05) is 10.2 Å². The second-order valence-electron chi connectivity index (χ2n) is 7.83. The molecule has 1 unspecified atom stereocenters. The molecule has 5 rings (SSSR count). The summed E-state index contributed by atoms with van der Waals surface area (Å²) < 4.78 is 0. The molecule has 2 aromatic rings. The molecule has 0 saturated carbocycles. The molecule has 0 aromatic heterocycles. The van der Waals surface area contributed by atoms with Gasteiger partial charge in [0, 0.05) is 44.0 Å². The summed E-state index contributed by atoms with van der Waals surface area (Å²) in [5.74, 6) is -0.671. The Labute approximate surface area is 198 Å². The topological polar surface area (TPSA) is 99.2 Å². The minimum Gasteiger partial charge on any atom is -0.384 e. The first-order valence-corrected chi connectivity index (χ1v) is 11.0. The Morgan fingerprint density at radius 1 is 1.03 bits per heavy atom. The number of carbonyl (C=O) groups excluding carboxylic acids is 2. The molecule has 0 radical (unpaired) electrons. The number of nitrogens with zero attached hydrogens (tertiary/aromatic N) is 2. The average Bonchev–Trinajstić information content (AvgIpc) is 3.00. The number of ketones is 1. The number of allylic oxidation sites excluding steroid dienone is 1. The van der Waals surface area contributed by atoms with E-state index in [0.29, 0.717) is 50.5 Å². The van der Waals surface area contributed by atoms with Crippen molar-refractivity contribution in [2.45, 2.75) is 24.7 Å². The molecule has 3 aliphatic rings. The van der Waals surface area contributed by atoms with Crippen LogP contribution in [-0.2, 0) is 15.0 Å². The number of carbonyl (C=O) groups is 2. The van der Waals surface area contributed by atoms with Crippen LogP contribution >= 0.6 is 34.8 Å². The van der Waals surface area contributed by atoms with Crippen LogP contribution in [0.25, 0.3) is 0 Å². The van der Waals surface area contributed by atoms with E-state index < -0.39 is 11.3 Å². The zero-order valence-corrected chi connectivity index (χ0v) is 18.8. The second-order valence-corrected chi connectivity index (χ2v) is 9.14. The number of anilines is 2. The Morgan fingerprint density at radius 2 is 1.75 bits per heavy atom. The second kappa shape index (κ2) is 7.28. The zero-order valence-electron chi connectivity index (χ0n) is 16.5. The molecule has 6 nitrogen and oxygen atoms in total. The van der Waals surface area contributed by atoms with E-state index in [1.165, 1.54) is 0 Å². The van der Waals surface area contributed by atoms with Crippen molar-refractivity contribution < 1.29 is 9.59 Å². The third-order valence-electron chi connectivity index (χ3n) is 6.09.